The average molecular weight is 282 g/mol. The Balaban J connectivity index is 2.53. The van der Waals surface area contributed by atoms with Gasteiger partial charge in [-0.25, -0.2) is 5.43 Å². The molecular weight excluding hydrogens is 269 g/mol. The normalized spacial score (nSPS) is 13.2. The molecule has 0 bridgehead atoms. The highest BCUT2D eigenvalue weighted by atomic mass is 19.4. The number of rotatable bonds is 3. The van der Waals surface area contributed by atoms with Crippen LogP contribution < -0.4 is 11.3 Å². The van der Waals surface area contributed by atoms with Gasteiger partial charge in [0.1, 0.15) is 0 Å². The van der Waals surface area contributed by atoms with Crippen molar-refractivity contribution < 1.29 is 13.2 Å². The van der Waals surface area contributed by atoms with Crippen LogP contribution in [0, 0.1) is 6.92 Å². The van der Waals surface area contributed by atoms with Gasteiger partial charge in [-0.3, -0.25) is 15.8 Å². The van der Waals surface area contributed by atoms with Crippen LogP contribution in [0.4, 0.5) is 13.2 Å². The highest BCUT2D eigenvalue weighted by molar-refractivity contribution is 5.35. The number of hydrogen-bond donors (Lipinski definition) is 2. The van der Waals surface area contributed by atoms with E-state index in [1.165, 1.54) is 6.20 Å². The largest absolute Gasteiger partial charge is 0.416 e. The fourth-order valence-electron chi connectivity index (χ4n) is 1.95. The Hall–Kier alpha value is -1.99. The minimum Gasteiger partial charge on any atom is -0.271 e. The van der Waals surface area contributed by atoms with Gasteiger partial charge in [-0.2, -0.15) is 13.2 Å². The average Bonchev–Trinajstić information content (AvgIpc) is 2.39. The number of hydrazine groups is 1. The maximum atomic E-state index is 13.0. The Labute approximate surface area is 113 Å². The number of halogens is 3. The second-order valence-corrected chi connectivity index (χ2v) is 4.32. The van der Waals surface area contributed by atoms with Crippen molar-refractivity contribution in [2.45, 2.75) is 19.1 Å². The molecule has 0 spiro atoms. The molecule has 20 heavy (non-hydrogen) atoms. The smallest absolute Gasteiger partial charge is 0.271 e. The number of nitrogens with two attached hydrogens (primary N) is 1. The topological polar surface area (TPSA) is 63.8 Å². The summed E-state index contributed by atoms with van der Waals surface area (Å²) in [5.41, 5.74) is 2.83. The van der Waals surface area contributed by atoms with Gasteiger partial charge < -0.3 is 0 Å². The van der Waals surface area contributed by atoms with Crippen LogP contribution in [0.1, 0.15) is 28.4 Å². The maximum Gasteiger partial charge on any atom is 0.416 e. The lowest BCUT2D eigenvalue weighted by molar-refractivity contribution is -0.138. The van der Waals surface area contributed by atoms with Crippen LogP contribution in [-0.2, 0) is 6.18 Å². The van der Waals surface area contributed by atoms with Gasteiger partial charge in [-0.05, 0) is 30.7 Å². The van der Waals surface area contributed by atoms with Gasteiger partial charge in [0.15, 0.2) is 0 Å². The van der Waals surface area contributed by atoms with Crippen molar-refractivity contribution in [2.24, 2.45) is 5.84 Å². The zero-order valence-electron chi connectivity index (χ0n) is 10.6. The summed E-state index contributed by atoms with van der Waals surface area (Å²) in [6, 6.07) is 3.48. The summed E-state index contributed by atoms with van der Waals surface area (Å²) in [6.45, 7) is 1.83. The Morgan fingerprint density at radius 3 is 2.60 bits per heavy atom. The molecule has 0 aliphatic carbocycles. The molecule has 0 radical (unpaired) electrons. The van der Waals surface area contributed by atoms with Crippen LogP contribution in [-0.4, -0.2) is 9.97 Å². The van der Waals surface area contributed by atoms with E-state index < -0.39 is 17.8 Å². The van der Waals surface area contributed by atoms with Crippen LogP contribution in [0.15, 0.2) is 36.8 Å². The maximum absolute atomic E-state index is 13.0. The number of nitrogens with one attached hydrogen (secondary N) is 1. The van der Waals surface area contributed by atoms with Crippen molar-refractivity contribution >= 4 is 0 Å². The molecule has 2 heterocycles. The lowest BCUT2D eigenvalue weighted by Crippen LogP contribution is -2.31. The lowest BCUT2D eigenvalue weighted by Gasteiger charge is -2.20. The number of alkyl halides is 3. The standard InChI is InChI=1S/C13H13F3N4/c1-8-2-5-19-11(6-8)12(20-17)9-7-18-4-3-10(9)13(14,15)16/h2-7,12,20H,17H2,1H3. The molecular formula is C13H13F3N4. The van der Waals surface area contributed by atoms with Crippen molar-refractivity contribution in [3.05, 3.63) is 59.2 Å². The minimum absolute atomic E-state index is 0.0550. The van der Waals surface area contributed by atoms with Crippen LogP contribution in [0.5, 0.6) is 0 Å². The molecule has 0 aliphatic rings. The van der Waals surface area contributed by atoms with Crippen molar-refractivity contribution in [1.82, 2.24) is 15.4 Å². The first-order chi connectivity index (χ1) is 9.43. The molecule has 0 saturated carbocycles. The number of hydrogen-bond acceptors (Lipinski definition) is 4. The van der Waals surface area contributed by atoms with E-state index in [-0.39, 0.29) is 5.56 Å². The highest BCUT2D eigenvalue weighted by Crippen LogP contribution is 2.35. The zero-order chi connectivity index (χ0) is 14.8. The van der Waals surface area contributed by atoms with Crippen molar-refractivity contribution in [1.29, 1.82) is 0 Å². The van der Waals surface area contributed by atoms with E-state index in [2.05, 4.69) is 15.4 Å². The van der Waals surface area contributed by atoms with Gasteiger partial charge >= 0.3 is 6.18 Å². The number of pyridine rings is 2. The summed E-state index contributed by atoms with van der Waals surface area (Å²) in [5.74, 6) is 5.41. The number of aromatic nitrogens is 2. The first-order valence-corrected chi connectivity index (χ1v) is 5.83. The predicted molar refractivity (Wildman–Crippen MR) is 67.4 cm³/mol. The van der Waals surface area contributed by atoms with E-state index in [1.54, 1.807) is 12.1 Å². The molecule has 2 rings (SSSR count). The quantitative estimate of drug-likeness (QED) is 0.670. The SMILES string of the molecule is Cc1ccnc(C(NN)c2cnccc2C(F)(F)F)c1. The molecule has 0 aliphatic heterocycles. The predicted octanol–water partition coefficient (Wildman–Crippen LogP) is 2.36. The van der Waals surface area contributed by atoms with E-state index in [0.717, 1.165) is 24.0 Å². The van der Waals surface area contributed by atoms with Gasteiger partial charge in [0.05, 0.1) is 17.3 Å². The molecule has 1 atom stereocenters. The first-order valence-electron chi connectivity index (χ1n) is 5.83. The zero-order valence-corrected chi connectivity index (χ0v) is 10.6. The second kappa shape index (κ2) is 5.56. The Morgan fingerprint density at radius 1 is 1.25 bits per heavy atom. The summed E-state index contributed by atoms with van der Waals surface area (Å²) in [5, 5.41) is 0. The molecule has 2 aromatic heterocycles. The highest BCUT2D eigenvalue weighted by Gasteiger charge is 2.35. The number of nitrogens with zero attached hydrogens (tertiary/aromatic N) is 2. The minimum atomic E-state index is -4.48. The summed E-state index contributed by atoms with van der Waals surface area (Å²) < 4.78 is 39.1. The molecule has 4 nitrogen and oxygen atoms in total. The van der Waals surface area contributed by atoms with Gasteiger partial charge in [0.2, 0.25) is 0 Å². The molecule has 0 aromatic carbocycles. The van der Waals surface area contributed by atoms with E-state index in [9.17, 15) is 13.2 Å². The van der Waals surface area contributed by atoms with Crippen LogP contribution in [0.2, 0.25) is 0 Å². The monoisotopic (exact) mass is 282 g/mol. The van der Waals surface area contributed by atoms with E-state index in [0.29, 0.717) is 5.69 Å². The summed E-state index contributed by atoms with van der Waals surface area (Å²) in [4.78, 5) is 7.82. The van der Waals surface area contributed by atoms with Crippen molar-refractivity contribution in [3.63, 3.8) is 0 Å². The van der Waals surface area contributed by atoms with Gasteiger partial charge in [-0.1, -0.05) is 0 Å². The van der Waals surface area contributed by atoms with Gasteiger partial charge in [0, 0.05) is 24.2 Å². The summed E-state index contributed by atoms with van der Waals surface area (Å²) in [6.07, 6.45) is -0.698. The van der Waals surface area contributed by atoms with E-state index >= 15 is 0 Å². The third-order valence-corrected chi connectivity index (χ3v) is 2.87. The third-order valence-electron chi connectivity index (χ3n) is 2.87. The number of aryl methyl sites for hydroxylation is 1. The summed E-state index contributed by atoms with van der Waals surface area (Å²) in [7, 11) is 0. The van der Waals surface area contributed by atoms with E-state index in [1.807, 2.05) is 6.92 Å². The van der Waals surface area contributed by atoms with Crippen LogP contribution in [0.25, 0.3) is 0 Å². The molecule has 7 heteroatoms. The van der Waals surface area contributed by atoms with Crippen molar-refractivity contribution in [3.8, 4) is 0 Å². The third kappa shape index (κ3) is 2.94. The van der Waals surface area contributed by atoms with Gasteiger partial charge in [-0.15, -0.1) is 0 Å². The second-order valence-electron chi connectivity index (χ2n) is 4.32. The lowest BCUT2D eigenvalue weighted by atomic mass is 9.99. The molecule has 0 amide bonds. The molecule has 106 valence electrons. The van der Waals surface area contributed by atoms with Crippen LogP contribution >= 0.6 is 0 Å². The van der Waals surface area contributed by atoms with Gasteiger partial charge in [0.25, 0.3) is 0 Å². The van der Waals surface area contributed by atoms with Crippen LogP contribution in [0.3, 0.4) is 0 Å². The first kappa shape index (κ1) is 14.4. The summed E-state index contributed by atoms with van der Waals surface area (Å²) >= 11 is 0. The Kier molecular flexibility index (Phi) is 4.01. The Bertz CT molecular complexity index is 598. The molecule has 2 aromatic rings. The Morgan fingerprint density at radius 2 is 2.00 bits per heavy atom. The fourth-order valence-corrected chi connectivity index (χ4v) is 1.95. The van der Waals surface area contributed by atoms with Crippen molar-refractivity contribution in [2.75, 3.05) is 0 Å². The molecule has 3 N–H and O–H groups in total. The molecule has 1 unspecified atom stereocenters. The molecule has 0 saturated heterocycles. The molecule has 0 fully saturated rings. The fraction of sp³-hybridized carbons (Fsp3) is 0.231. The van der Waals surface area contributed by atoms with E-state index in [4.69, 9.17) is 5.84 Å².